The van der Waals surface area contributed by atoms with Crippen molar-refractivity contribution in [2.24, 2.45) is 24.8 Å². The molecular weight excluding hydrogens is 474 g/mol. The Morgan fingerprint density at radius 3 is 2.62 bits per heavy atom. The summed E-state index contributed by atoms with van der Waals surface area (Å²) < 4.78 is 38.3. The molecule has 1 aromatic carbocycles. The molecule has 0 radical (unpaired) electrons. The minimum atomic E-state index is -3.10. The van der Waals surface area contributed by atoms with Crippen LogP contribution in [0.1, 0.15) is 42.9 Å². The summed E-state index contributed by atoms with van der Waals surface area (Å²) in [5.41, 5.74) is 2.32. The standard InChI is InChI=1S/C29H28F2N4O2/c1-17-13-25(34-35(17)4)28-16-29(30,31)18(2)23(26(28)19(3)37-27(28)36)12-11-22-10-9-21(15-33-22)24-8-6-5-7-20(24)14-32/h5-13,15,18-19,23,26H,16H2,1-4H3/b12-11+/t18-,19+,23-,26-,28-/m0/s1. The Kier molecular flexibility index (Phi) is 5.98. The highest BCUT2D eigenvalue weighted by Crippen LogP contribution is 2.60. The topological polar surface area (TPSA) is 80.8 Å². The molecule has 0 amide bonds. The van der Waals surface area contributed by atoms with Gasteiger partial charge in [-0.05, 0) is 44.0 Å². The Labute approximate surface area is 214 Å². The molecule has 0 spiro atoms. The molecule has 3 aromatic rings. The van der Waals surface area contributed by atoms with Crippen molar-refractivity contribution in [3.63, 3.8) is 0 Å². The van der Waals surface area contributed by atoms with E-state index in [1.807, 2.05) is 25.1 Å². The van der Waals surface area contributed by atoms with Crippen LogP contribution in [0.5, 0.6) is 0 Å². The highest BCUT2D eigenvalue weighted by Gasteiger charge is 2.69. The summed E-state index contributed by atoms with van der Waals surface area (Å²) in [6.45, 7) is 5.14. The number of ether oxygens (including phenoxy) is 1. The molecule has 0 unspecified atom stereocenters. The van der Waals surface area contributed by atoms with E-state index >= 15 is 8.78 Å². The number of halogens is 2. The number of benzene rings is 1. The van der Waals surface area contributed by atoms with Crippen LogP contribution < -0.4 is 0 Å². The lowest BCUT2D eigenvalue weighted by molar-refractivity contribution is -0.157. The zero-order chi connectivity index (χ0) is 26.5. The molecule has 3 heterocycles. The first-order valence-electron chi connectivity index (χ1n) is 12.3. The van der Waals surface area contributed by atoms with E-state index in [4.69, 9.17) is 4.74 Å². The normalized spacial score (nSPS) is 28.6. The maximum absolute atomic E-state index is 15.5. The Bertz CT molecular complexity index is 1400. The third kappa shape index (κ3) is 3.93. The van der Waals surface area contributed by atoms with Gasteiger partial charge in [-0.2, -0.15) is 10.4 Å². The van der Waals surface area contributed by atoms with Crippen LogP contribution in [0.15, 0.2) is 54.7 Å². The van der Waals surface area contributed by atoms with Gasteiger partial charge in [0, 0.05) is 48.3 Å². The van der Waals surface area contributed by atoms with E-state index in [9.17, 15) is 10.1 Å². The molecule has 1 saturated carbocycles. The lowest BCUT2D eigenvalue weighted by atomic mass is 9.55. The fraction of sp³-hybridized carbons (Fsp3) is 0.379. The van der Waals surface area contributed by atoms with Crippen LogP contribution in [0, 0.1) is 36.0 Å². The number of esters is 1. The van der Waals surface area contributed by atoms with Crippen LogP contribution >= 0.6 is 0 Å². The molecule has 1 saturated heterocycles. The van der Waals surface area contributed by atoms with Gasteiger partial charge in [-0.1, -0.05) is 37.3 Å². The number of carbonyl (C=O) groups is 1. The van der Waals surface area contributed by atoms with Gasteiger partial charge in [-0.15, -0.1) is 0 Å². The fourth-order valence-electron chi connectivity index (χ4n) is 5.98. The lowest BCUT2D eigenvalue weighted by Crippen LogP contribution is -2.56. The van der Waals surface area contributed by atoms with E-state index in [2.05, 4.69) is 16.2 Å². The summed E-state index contributed by atoms with van der Waals surface area (Å²) >= 11 is 0. The van der Waals surface area contributed by atoms with Crippen molar-refractivity contribution < 1.29 is 18.3 Å². The molecule has 0 N–H and O–H groups in total. The minimum absolute atomic E-state index is 0.343. The molecule has 0 bridgehead atoms. The minimum Gasteiger partial charge on any atom is -0.462 e. The molecule has 1 aliphatic heterocycles. The number of pyridine rings is 1. The SMILES string of the molecule is Cc1cc([C@@]23CC(F)(F)[C@@H](C)[C@H](/C=C/c4ccc(-c5ccccc5C#N)cn4)[C@@H]2[C@@H](C)OC3=O)nn1C. The van der Waals surface area contributed by atoms with Gasteiger partial charge < -0.3 is 4.74 Å². The second-order valence-corrected chi connectivity index (χ2v) is 10.2. The van der Waals surface area contributed by atoms with E-state index in [1.165, 1.54) is 6.92 Å². The molecule has 1 aliphatic carbocycles. The number of aryl methyl sites for hydroxylation is 2. The summed E-state index contributed by atoms with van der Waals surface area (Å²) in [5.74, 6) is -5.88. The number of nitriles is 1. The third-order valence-electron chi connectivity index (χ3n) is 8.11. The highest BCUT2D eigenvalue weighted by molar-refractivity contribution is 5.86. The van der Waals surface area contributed by atoms with Gasteiger partial charge in [0.1, 0.15) is 11.5 Å². The van der Waals surface area contributed by atoms with Gasteiger partial charge in [0.05, 0.1) is 23.0 Å². The number of carbonyl (C=O) groups excluding carboxylic acids is 1. The van der Waals surface area contributed by atoms with E-state index in [1.54, 1.807) is 61.3 Å². The second-order valence-electron chi connectivity index (χ2n) is 10.2. The monoisotopic (exact) mass is 502 g/mol. The molecule has 8 heteroatoms. The number of fused-ring (bicyclic) bond motifs is 1. The molecule has 5 rings (SSSR count). The molecule has 37 heavy (non-hydrogen) atoms. The first kappa shape index (κ1) is 24.8. The van der Waals surface area contributed by atoms with E-state index in [-0.39, 0.29) is 0 Å². The van der Waals surface area contributed by atoms with Crippen molar-refractivity contribution in [3.8, 4) is 17.2 Å². The van der Waals surface area contributed by atoms with Crippen LogP contribution in [-0.4, -0.2) is 32.8 Å². The molecule has 2 fully saturated rings. The number of nitrogens with zero attached hydrogens (tertiary/aromatic N) is 4. The molecule has 2 aromatic heterocycles. The molecule has 5 atom stereocenters. The predicted molar refractivity (Wildman–Crippen MR) is 134 cm³/mol. The maximum Gasteiger partial charge on any atom is 0.319 e. The average molecular weight is 503 g/mol. The Hall–Kier alpha value is -3.86. The van der Waals surface area contributed by atoms with E-state index in [0.717, 1.165) is 16.8 Å². The van der Waals surface area contributed by atoms with Crippen molar-refractivity contribution in [1.82, 2.24) is 14.8 Å². The summed E-state index contributed by atoms with van der Waals surface area (Å²) in [7, 11) is 1.74. The Balaban J connectivity index is 1.52. The number of rotatable bonds is 4. The fourth-order valence-corrected chi connectivity index (χ4v) is 5.98. The number of hydrogen-bond donors (Lipinski definition) is 0. The van der Waals surface area contributed by atoms with Gasteiger partial charge in [0.2, 0.25) is 0 Å². The number of aromatic nitrogens is 3. The van der Waals surface area contributed by atoms with E-state index in [0.29, 0.717) is 17.0 Å². The predicted octanol–water partition coefficient (Wildman–Crippen LogP) is 5.47. The molecule has 190 valence electrons. The van der Waals surface area contributed by atoms with E-state index < -0.39 is 47.6 Å². The first-order valence-corrected chi connectivity index (χ1v) is 12.3. The van der Waals surface area contributed by atoms with Gasteiger partial charge in [-0.3, -0.25) is 14.5 Å². The van der Waals surface area contributed by atoms with Gasteiger partial charge >= 0.3 is 5.97 Å². The Morgan fingerprint density at radius 2 is 1.97 bits per heavy atom. The van der Waals surface area contributed by atoms with Gasteiger partial charge in [-0.25, -0.2) is 8.78 Å². The summed E-state index contributed by atoms with van der Waals surface area (Å²) in [5, 5.41) is 13.9. The second kappa shape index (κ2) is 8.91. The zero-order valence-corrected chi connectivity index (χ0v) is 21.2. The lowest BCUT2D eigenvalue weighted by Gasteiger charge is -2.47. The van der Waals surface area contributed by atoms with Crippen molar-refractivity contribution in [2.75, 3.05) is 0 Å². The van der Waals surface area contributed by atoms with Crippen molar-refractivity contribution in [2.45, 2.75) is 44.6 Å². The summed E-state index contributed by atoms with van der Waals surface area (Å²) in [4.78, 5) is 17.7. The van der Waals surface area contributed by atoms with Gasteiger partial charge in [0.15, 0.2) is 0 Å². The third-order valence-corrected chi connectivity index (χ3v) is 8.11. The molecule has 6 nitrogen and oxygen atoms in total. The van der Waals surface area contributed by atoms with Crippen LogP contribution in [0.2, 0.25) is 0 Å². The van der Waals surface area contributed by atoms with Crippen LogP contribution in [0.25, 0.3) is 17.2 Å². The summed E-state index contributed by atoms with van der Waals surface area (Å²) in [6, 6.07) is 14.8. The van der Waals surface area contributed by atoms with Crippen LogP contribution in [0.3, 0.4) is 0 Å². The summed E-state index contributed by atoms with van der Waals surface area (Å²) in [6.07, 6.45) is 3.98. The van der Waals surface area contributed by atoms with Crippen LogP contribution in [-0.2, 0) is 22.0 Å². The largest absolute Gasteiger partial charge is 0.462 e. The van der Waals surface area contributed by atoms with Gasteiger partial charge in [0.25, 0.3) is 5.92 Å². The quantitative estimate of drug-likeness (QED) is 0.442. The molecular formula is C29H28F2N4O2. The highest BCUT2D eigenvalue weighted by atomic mass is 19.3. The van der Waals surface area contributed by atoms with Crippen molar-refractivity contribution in [1.29, 1.82) is 5.26 Å². The average Bonchev–Trinajstić information content (AvgIpc) is 3.34. The number of alkyl halides is 2. The Morgan fingerprint density at radius 1 is 1.22 bits per heavy atom. The van der Waals surface area contributed by atoms with Crippen molar-refractivity contribution >= 4 is 12.0 Å². The maximum atomic E-state index is 15.5. The number of cyclic esters (lactones) is 1. The van der Waals surface area contributed by atoms with Crippen molar-refractivity contribution in [3.05, 3.63) is 77.4 Å². The number of allylic oxidation sites excluding steroid dienone is 1. The van der Waals surface area contributed by atoms with Crippen LogP contribution in [0.4, 0.5) is 8.78 Å². The smallest absolute Gasteiger partial charge is 0.319 e. The first-order chi connectivity index (χ1) is 17.6. The molecule has 2 aliphatic rings. The number of hydrogen-bond acceptors (Lipinski definition) is 5. The zero-order valence-electron chi connectivity index (χ0n) is 21.2.